The van der Waals surface area contributed by atoms with Crippen LogP contribution in [0.4, 0.5) is 0 Å². The Bertz CT molecular complexity index is 9460. The number of rotatable bonds is 11. The molecular formula is C126H83BCl2N6O5S2. The fourth-order valence-corrected chi connectivity index (χ4v) is 22.8. The zero-order valence-corrected chi connectivity index (χ0v) is 80.5. The van der Waals surface area contributed by atoms with E-state index in [9.17, 15) is 0 Å². The Morgan fingerprint density at radius 1 is 0.239 bits per heavy atom. The first-order valence-corrected chi connectivity index (χ1v) is 49.6. The molecule has 1 aliphatic rings. The van der Waals surface area contributed by atoms with Crippen molar-refractivity contribution in [2.24, 2.45) is 0 Å². The van der Waals surface area contributed by atoms with Gasteiger partial charge >= 0.3 is 7.12 Å². The van der Waals surface area contributed by atoms with Gasteiger partial charge in [0.1, 0.15) is 33.3 Å². The second kappa shape index (κ2) is 36.1. The molecule has 9 heterocycles. The van der Waals surface area contributed by atoms with Gasteiger partial charge in [0, 0.05) is 67.1 Å². The van der Waals surface area contributed by atoms with Gasteiger partial charge in [-0.2, -0.15) is 0 Å². The van der Waals surface area contributed by atoms with E-state index in [1.807, 2.05) is 120 Å². The number of hydrogen-bond donors (Lipinski definition) is 0. The van der Waals surface area contributed by atoms with Crippen molar-refractivity contribution in [2.45, 2.75) is 38.9 Å². The summed E-state index contributed by atoms with van der Waals surface area (Å²) in [5.41, 5.74) is 28.8. The first kappa shape index (κ1) is 87.1. The maximum absolute atomic E-state index is 6.36. The van der Waals surface area contributed by atoms with Gasteiger partial charge in [-0.1, -0.05) is 369 Å². The number of benzene rings is 19. The van der Waals surface area contributed by atoms with Gasteiger partial charge in [0.2, 0.25) is 17.1 Å². The Labute approximate surface area is 835 Å². The van der Waals surface area contributed by atoms with Crippen molar-refractivity contribution in [1.29, 1.82) is 0 Å². The molecule has 16 heteroatoms. The highest BCUT2D eigenvalue weighted by Crippen LogP contribution is 2.49. The summed E-state index contributed by atoms with van der Waals surface area (Å²) >= 11 is 15.9. The van der Waals surface area contributed by atoms with Crippen LogP contribution in [-0.2, 0) is 9.31 Å². The monoisotopic (exact) mass is 1900 g/mol. The Hall–Kier alpha value is -16.4. The second-order valence-electron chi connectivity index (χ2n) is 36.7. The SMILES string of the molecule is CC1(C)OB(c2cccc(-c3cccc4c3sc3c(-c5cccc(-c6ccccc6)c5)cccc34)c2)OC1(C)C.Clc1cccc(-c2cnc3c(n2)oc2ccc4ccccc4c23)c1.Clc1cccc(-c2cnc3c(n2)oc2ccc4ccccc4c23)c1.c1ccc(-c2cccc(-c3cccc4c3sc3c(-c5cccc(-c6cccc(-c7cnc8c(n7)oc7ccc9ccccc9c78)c6)c5)cccc34)c2)cc1. The molecule has 142 heavy (non-hydrogen) atoms. The van der Waals surface area contributed by atoms with Crippen molar-refractivity contribution in [3.63, 3.8) is 0 Å². The third kappa shape index (κ3) is 16.1. The lowest BCUT2D eigenvalue weighted by Gasteiger charge is -2.32. The third-order valence-corrected chi connectivity index (χ3v) is 30.5. The quantitative estimate of drug-likeness (QED) is 0.115. The number of nitrogens with zero attached hydrogens (tertiary/aromatic N) is 6. The number of furan rings is 3. The highest BCUT2D eigenvalue weighted by Gasteiger charge is 2.52. The number of aromatic nitrogens is 6. The number of fused-ring (bicyclic) bond motifs is 21. The van der Waals surface area contributed by atoms with Crippen LogP contribution in [0.15, 0.2) is 444 Å². The van der Waals surface area contributed by atoms with E-state index < -0.39 is 0 Å². The van der Waals surface area contributed by atoms with Crippen molar-refractivity contribution >= 4 is 198 Å². The van der Waals surface area contributed by atoms with E-state index in [-0.39, 0.29) is 18.3 Å². The van der Waals surface area contributed by atoms with Crippen LogP contribution in [0.25, 0.3) is 251 Å². The zero-order chi connectivity index (χ0) is 95.3. The molecule has 0 aliphatic carbocycles. The molecule has 0 amide bonds. The standard InChI is InChI=1S/C50H30N2OS.C36H31BO2S.2C20H11ClN2O/c1-2-11-31(12-3-1)33-14-6-17-36(27-33)40-21-9-23-42-43-24-10-22-41(49(43)54-48(40)42)37-18-7-15-34(28-37)35-16-8-19-38(29-35)44-30-51-47-46-39-20-5-4-13-32(39)25-26-45(46)53-50(47)52-44;1-35(2)36(3,4)39-37(38-35)28-17-9-16-27(23-28)30-19-11-21-32-31-20-10-18-29(33(31)40-34(30)32)26-15-8-14-25(22-26)24-12-6-5-7-13-24;2*21-14-6-3-5-13(10-14)16-11-22-19-18-15-7-2-1-4-12(15)8-9-17(18)24-20(19)23-16/h1-30H;5-23H,1-4H3;2*1-11H. The van der Waals surface area contributed by atoms with Crippen molar-refractivity contribution < 1.29 is 22.6 Å². The molecule has 1 saturated heterocycles. The fraction of sp³-hybridized carbons (Fsp3) is 0.0476. The van der Waals surface area contributed by atoms with E-state index in [4.69, 9.17) is 55.7 Å². The maximum atomic E-state index is 6.36. The normalized spacial score (nSPS) is 12.9. The van der Waals surface area contributed by atoms with Crippen molar-refractivity contribution in [1.82, 2.24) is 29.9 Å². The first-order valence-electron chi connectivity index (χ1n) is 47.3. The summed E-state index contributed by atoms with van der Waals surface area (Å²) < 4.78 is 36.1. The predicted octanol–water partition coefficient (Wildman–Crippen LogP) is 35.3. The summed E-state index contributed by atoms with van der Waals surface area (Å²) in [7, 11) is -0.380. The average molecular weight is 1910 g/mol. The van der Waals surface area contributed by atoms with Gasteiger partial charge in [0.15, 0.2) is 0 Å². The Balaban J connectivity index is 0.000000106. The third-order valence-electron chi connectivity index (χ3n) is 27.5. The van der Waals surface area contributed by atoms with Gasteiger partial charge in [-0.25, -0.2) is 29.9 Å². The Kier molecular flexibility index (Phi) is 22.2. The van der Waals surface area contributed by atoms with Gasteiger partial charge in [0.05, 0.1) is 63.0 Å². The van der Waals surface area contributed by atoms with E-state index in [0.717, 1.165) is 132 Å². The molecule has 0 unspecified atom stereocenters. The molecule has 27 aromatic rings. The minimum Gasteiger partial charge on any atom is -0.436 e. The lowest BCUT2D eigenvalue weighted by atomic mass is 9.78. The fourth-order valence-electron chi connectivity index (χ4n) is 19.7. The van der Waals surface area contributed by atoms with Gasteiger partial charge in [-0.15, -0.1) is 22.7 Å². The van der Waals surface area contributed by atoms with E-state index in [1.54, 1.807) is 12.4 Å². The molecule has 0 atom stereocenters. The molecule has 676 valence electrons. The topological polar surface area (TPSA) is 135 Å². The van der Waals surface area contributed by atoms with Gasteiger partial charge in [0.25, 0.3) is 0 Å². The van der Waals surface area contributed by atoms with Crippen molar-refractivity contribution in [3.05, 3.63) is 441 Å². The largest absolute Gasteiger partial charge is 0.494 e. The minimum absolute atomic E-state index is 0.368. The lowest BCUT2D eigenvalue weighted by molar-refractivity contribution is 0.00578. The Morgan fingerprint density at radius 2 is 0.507 bits per heavy atom. The molecule has 1 fully saturated rings. The molecule has 1 aliphatic heterocycles. The number of thiophene rings is 2. The highest BCUT2D eigenvalue weighted by atomic mass is 35.5. The first-order chi connectivity index (χ1) is 69.6. The number of halogens is 2. The smallest absolute Gasteiger partial charge is 0.436 e. The molecular weight excluding hydrogens is 1820 g/mol. The molecule has 28 rings (SSSR count). The van der Waals surface area contributed by atoms with E-state index in [1.165, 1.54) is 107 Å². The van der Waals surface area contributed by atoms with Crippen LogP contribution in [-0.4, -0.2) is 48.2 Å². The van der Waals surface area contributed by atoms with Crippen LogP contribution < -0.4 is 5.46 Å². The van der Waals surface area contributed by atoms with Crippen LogP contribution in [0.1, 0.15) is 27.7 Å². The zero-order valence-electron chi connectivity index (χ0n) is 77.4. The summed E-state index contributed by atoms with van der Waals surface area (Å²) in [6, 6.07) is 144. The molecule has 0 N–H and O–H groups in total. The second-order valence-corrected chi connectivity index (χ2v) is 39.6. The van der Waals surface area contributed by atoms with E-state index in [0.29, 0.717) is 27.2 Å². The van der Waals surface area contributed by atoms with Crippen LogP contribution in [0.2, 0.25) is 10.0 Å². The summed E-state index contributed by atoms with van der Waals surface area (Å²) in [5, 5.41) is 16.4. The summed E-state index contributed by atoms with van der Waals surface area (Å²) in [6.07, 6.45) is 5.40. The van der Waals surface area contributed by atoms with Crippen LogP contribution in [0.5, 0.6) is 0 Å². The molecule has 0 saturated carbocycles. The van der Waals surface area contributed by atoms with Crippen molar-refractivity contribution in [2.75, 3.05) is 0 Å². The van der Waals surface area contributed by atoms with E-state index >= 15 is 0 Å². The average Bonchev–Trinajstić information content (AvgIpc) is 1.53. The van der Waals surface area contributed by atoms with Crippen LogP contribution in [0.3, 0.4) is 0 Å². The number of hydrogen-bond acceptors (Lipinski definition) is 13. The van der Waals surface area contributed by atoms with Crippen molar-refractivity contribution in [3.8, 4) is 112 Å². The minimum atomic E-state index is -0.380. The van der Waals surface area contributed by atoms with Crippen LogP contribution in [0, 0.1) is 0 Å². The summed E-state index contributed by atoms with van der Waals surface area (Å²) in [4.78, 5) is 28.4. The molecule has 8 aromatic heterocycles. The predicted molar refractivity (Wildman–Crippen MR) is 593 cm³/mol. The van der Waals surface area contributed by atoms with Gasteiger partial charge in [-0.3, -0.25) is 0 Å². The van der Waals surface area contributed by atoms with Crippen LogP contribution >= 0.6 is 45.9 Å². The molecule has 19 aromatic carbocycles. The summed E-state index contributed by atoms with van der Waals surface area (Å²) in [6.45, 7) is 8.40. The highest BCUT2D eigenvalue weighted by molar-refractivity contribution is 7.27. The lowest BCUT2D eigenvalue weighted by Crippen LogP contribution is -2.41. The summed E-state index contributed by atoms with van der Waals surface area (Å²) in [5.74, 6) is 0. The maximum Gasteiger partial charge on any atom is 0.494 e. The molecule has 0 spiro atoms. The van der Waals surface area contributed by atoms with E-state index in [2.05, 4.69) is 369 Å². The Morgan fingerprint density at radius 3 is 0.859 bits per heavy atom. The van der Waals surface area contributed by atoms with Gasteiger partial charge < -0.3 is 22.6 Å². The molecule has 11 nitrogen and oxygen atoms in total. The molecule has 0 radical (unpaired) electrons. The molecule has 0 bridgehead atoms. The van der Waals surface area contributed by atoms with Gasteiger partial charge in [-0.05, 0) is 210 Å².